The minimum atomic E-state index is -0.458. The lowest BCUT2D eigenvalue weighted by molar-refractivity contribution is 0.0908. The van der Waals surface area contributed by atoms with Crippen molar-refractivity contribution in [2.75, 3.05) is 36.6 Å². The van der Waals surface area contributed by atoms with Crippen LogP contribution in [0.3, 0.4) is 0 Å². The van der Waals surface area contributed by atoms with Crippen molar-refractivity contribution in [1.29, 1.82) is 0 Å². The minimum Gasteiger partial charge on any atom is -0.497 e. The van der Waals surface area contributed by atoms with E-state index in [0.29, 0.717) is 29.4 Å². The first-order chi connectivity index (χ1) is 14.6. The first-order valence-electron chi connectivity index (χ1n) is 9.74. The van der Waals surface area contributed by atoms with Crippen molar-refractivity contribution in [1.82, 2.24) is 10.3 Å². The Labute approximate surface area is 178 Å². The molecule has 3 heterocycles. The SMILES string of the molecule is COc1cccc(N2CC(CNC(=O)c3cccnc3OC3CCSC3)OC2=O)c1. The Morgan fingerprint density at radius 3 is 3.07 bits per heavy atom. The second-order valence-corrected chi connectivity index (χ2v) is 8.14. The zero-order valence-corrected chi connectivity index (χ0v) is 17.4. The molecule has 1 N–H and O–H groups in total. The van der Waals surface area contributed by atoms with Gasteiger partial charge in [0.25, 0.3) is 5.91 Å². The van der Waals surface area contributed by atoms with Crippen molar-refractivity contribution in [2.45, 2.75) is 18.6 Å². The van der Waals surface area contributed by atoms with Gasteiger partial charge in [-0.05, 0) is 36.4 Å². The number of benzene rings is 1. The van der Waals surface area contributed by atoms with E-state index in [1.165, 1.54) is 4.90 Å². The first kappa shape index (κ1) is 20.3. The van der Waals surface area contributed by atoms with E-state index < -0.39 is 12.2 Å². The number of aromatic nitrogens is 1. The van der Waals surface area contributed by atoms with Gasteiger partial charge in [-0.1, -0.05) is 6.07 Å². The van der Waals surface area contributed by atoms with Crippen molar-refractivity contribution in [2.24, 2.45) is 0 Å². The van der Waals surface area contributed by atoms with Gasteiger partial charge in [-0.15, -0.1) is 0 Å². The molecule has 4 rings (SSSR count). The highest BCUT2D eigenvalue weighted by Gasteiger charge is 2.33. The molecular formula is C21H23N3O5S. The fraction of sp³-hybridized carbons (Fsp3) is 0.381. The molecular weight excluding hydrogens is 406 g/mol. The molecule has 1 aromatic heterocycles. The zero-order chi connectivity index (χ0) is 20.9. The van der Waals surface area contributed by atoms with Crippen molar-refractivity contribution >= 4 is 29.4 Å². The van der Waals surface area contributed by atoms with Crippen LogP contribution >= 0.6 is 11.8 Å². The molecule has 9 heteroatoms. The van der Waals surface area contributed by atoms with Gasteiger partial charge in [-0.2, -0.15) is 11.8 Å². The number of thioether (sulfide) groups is 1. The molecule has 0 bridgehead atoms. The largest absolute Gasteiger partial charge is 0.497 e. The molecule has 2 unspecified atom stereocenters. The Bertz CT molecular complexity index is 919. The van der Waals surface area contributed by atoms with Crippen LogP contribution in [0.25, 0.3) is 0 Å². The van der Waals surface area contributed by atoms with Crippen LogP contribution in [0.1, 0.15) is 16.8 Å². The van der Waals surface area contributed by atoms with E-state index in [1.54, 1.807) is 37.6 Å². The van der Waals surface area contributed by atoms with Gasteiger partial charge in [0.2, 0.25) is 5.88 Å². The summed E-state index contributed by atoms with van der Waals surface area (Å²) in [6.45, 7) is 0.528. The van der Waals surface area contributed by atoms with E-state index >= 15 is 0 Å². The summed E-state index contributed by atoms with van der Waals surface area (Å²) in [5.41, 5.74) is 1.06. The second kappa shape index (κ2) is 9.25. The number of methoxy groups -OCH3 is 1. The van der Waals surface area contributed by atoms with Crippen molar-refractivity contribution < 1.29 is 23.8 Å². The molecule has 0 aliphatic carbocycles. The zero-order valence-electron chi connectivity index (χ0n) is 16.6. The lowest BCUT2D eigenvalue weighted by Crippen LogP contribution is -2.35. The number of pyridine rings is 1. The monoisotopic (exact) mass is 429 g/mol. The van der Waals surface area contributed by atoms with Gasteiger partial charge in [0.15, 0.2) is 0 Å². The standard InChI is InChI=1S/C21H23N3O5S/c1-27-15-5-2-4-14(10-15)24-12-17(29-21(24)26)11-23-19(25)18-6-3-8-22-20(18)28-16-7-9-30-13-16/h2-6,8,10,16-17H,7,9,11-13H2,1H3,(H,23,25). The number of nitrogens with one attached hydrogen (secondary N) is 1. The first-order valence-corrected chi connectivity index (χ1v) is 10.9. The van der Waals surface area contributed by atoms with E-state index in [2.05, 4.69) is 10.3 Å². The molecule has 2 amide bonds. The average Bonchev–Trinajstić information content (AvgIpc) is 3.42. The molecule has 30 heavy (non-hydrogen) atoms. The molecule has 2 saturated heterocycles. The number of rotatable bonds is 7. The third-order valence-corrected chi connectivity index (χ3v) is 6.04. The third kappa shape index (κ3) is 4.62. The topological polar surface area (TPSA) is 90.0 Å². The summed E-state index contributed by atoms with van der Waals surface area (Å²) in [6, 6.07) is 10.6. The van der Waals surface area contributed by atoms with Crippen LogP contribution in [0.15, 0.2) is 42.6 Å². The highest BCUT2D eigenvalue weighted by atomic mass is 32.2. The summed E-state index contributed by atoms with van der Waals surface area (Å²) in [4.78, 5) is 30.7. The maximum Gasteiger partial charge on any atom is 0.414 e. The van der Waals surface area contributed by atoms with Crippen LogP contribution in [-0.4, -0.2) is 60.9 Å². The van der Waals surface area contributed by atoms with Crippen molar-refractivity contribution in [3.05, 3.63) is 48.2 Å². The van der Waals surface area contributed by atoms with Crippen LogP contribution in [0, 0.1) is 0 Å². The lowest BCUT2D eigenvalue weighted by atomic mass is 10.2. The van der Waals surface area contributed by atoms with Crippen LogP contribution in [0.5, 0.6) is 11.6 Å². The Balaban J connectivity index is 1.36. The van der Waals surface area contributed by atoms with Gasteiger partial charge in [0, 0.05) is 18.0 Å². The maximum atomic E-state index is 12.7. The lowest BCUT2D eigenvalue weighted by Gasteiger charge is -2.15. The Kier molecular flexibility index (Phi) is 6.27. The van der Waals surface area contributed by atoms with Crippen LogP contribution in [-0.2, 0) is 4.74 Å². The predicted molar refractivity (Wildman–Crippen MR) is 114 cm³/mol. The molecule has 0 saturated carbocycles. The number of hydrogen-bond acceptors (Lipinski definition) is 7. The smallest absolute Gasteiger partial charge is 0.414 e. The van der Waals surface area contributed by atoms with Gasteiger partial charge in [0.1, 0.15) is 23.5 Å². The third-order valence-electron chi connectivity index (χ3n) is 4.91. The maximum absolute atomic E-state index is 12.7. The number of nitrogens with zero attached hydrogens (tertiary/aromatic N) is 2. The number of amides is 2. The Hall–Kier alpha value is -2.94. The molecule has 0 spiro atoms. The van der Waals surface area contributed by atoms with Crippen LogP contribution in [0.2, 0.25) is 0 Å². The average molecular weight is 429 g/mol. The summed E-state index contributed by atoms with van der Waals surface area (Å²) in [5.74, 6) is 2.64. The molecule has 2 fully saturated rings. The van der Waals surface area contributed by atoms with E-state index in [1.807, 2.05) is 23.9 Å². The number of ether oxygens (including phenoxy) is 3. The molecule has 0 radical (unpaired) electrons. The fourth-order valence-corrected chi connectivity index (χ4v) is 4.43. The predicted octanol–water partition coefficient (Wildman–Crippen LogP) is 2.73. The molecule has 2 aromatic rings. The summed E-state index contributed by atoms with van der Waals surface area (Å²) in [7, 11) is 1.57. The fourth-order valence-electron chi connectivity index (χ4n) is 3.34. The van der Waals surface area contributed by atoms with Crippen LogP contribution < -0.4 is 19.7 Å². The summed E-state index contributed by atoms with van der Waals surface area (Å²) < 4.78 is 16.5. The quantitative estimate of drug-likeness (QED) is 0.724. The minimum absolute atomic E-state index is 0.0728. The van der Waals surface area contributed by atoms with E-state index in [0.717, 1.165) is 17.9 Å². The van der Waals surface area contributed by atoms with Crippen molar-refractivity contribution in [3.63, 3.8) is 0 Å². The van der Waals surface area contributed by atoms with Crippen molar-refractivity contribution in [3.8, 4) is 11.6 Å². The van der Waals surface area contributed by atoms with Gasteiger partial charge >= 0.3 is 6.09 Å². The molecule has 158 valence electrons. The molecule has 2 aliphatic rings. The molecule has 8 nitrogen and oxygen atoms in total. The second-order valence-electron chi connectivity index (χ2n) is 6.99. The number of carbonyl (C=O) groups is 2. The van der Waals surface area contributed by atoms with E-state index in [9.17, 15) is 9.59 Å². The molecule has 1 aromatic carbocycles. The number of hydrogen-bond donors (Lipinski definition) is 1. The number of anilines is 1. The summed E-state index contributed by atoms with van der Waals surface area (Å²) in [6.07, 6.45) is 1.72. The Morgan fingerprint density at radius 2 is 2.27 bits per heavy atom. The molecule has 2 aliphatic heterocycles. The summed E-state index contributed by atoms with van der Waals surface area (Å²) >= 11 is 1.83. The molecule has 2 atom stereocenters. The Morgan fingerprint density at radius 1 is 1.37 bits per heavy atom. The van der Waals surface area contributed by atoms with E-state index in [4.69, 9.17) is 14.2 Å². The van der Waals surface area contributed by atoms with Gasteiger partial charge in [-0.25, -0.2) is 9.78 Å². The summed E-state index contributed by atoms with van der Waals surface area (Å²) in [5, 5.41) is 2.83. The van der Waals surface area contributed by atoms with Gasteiger partial charge < -0.3 is 19.5 Å². The van der Waals surface area contributed by atoms with Gasteiger partial charge in [-0.3, -0.25) is 9.69 Å². The van der Waals surface area contributed by atoms with Crippen LogP contribution in [0.4, 0.5) is 10.5 Å². The highest BCUT2D eigenvalue weighted by Crippen LogP contribution is 2.26. The van der Waals surface area contributed by atoms with Gasteiger partial charge in [0.05, 0.1) is 25.9 Å². The highest BCUT2D eigenvalue weighted by molar-refractivity contribution is 7.99. The number of cyclic esters (lactones) is 1. The normalized spacial score (nSPS) is 20.7. The van der Waals surface area contributed by atoms with E-state index in [-0.39, 0.29) is 18.6 Å². The number of carbonyl (C=O) groups excluding carboxylic acids is 2.